The van der Waals surface area contributed by atoms with E-state index in [0.717, 1.165) is 12.8 Å². The Kier molecular flexibility index (Phi) is 1.77. The average Bonchev–Trinajstić information content (AvgIpc) is 2.73. The Hall–Kier alpha value is -0.870. The van der Waals surface area contributed by atoms with E-state index < -0.39 is 10.0 Å². The lowest BCUT2D eigenvalue weighted by molar-refractivity contribution is 0.369. The van der Waals surface area contributed by atoms with Gasteiger partial charge in [0.1, 0.15) is 0 Å². The molecule has 4 heteroatoms. The van der Waals surface area contributed by atoms with Crippen LogP contribution in [-0.2, 0) is 10.0 Å². The molecule has 3 nitrogen and oxygen atoms in total. The van der Waals surface area contributed by atoms with Crippen molar-refractivity contribution in [3.63, 3.8) is 0 Å². The molecule has 0 saturated carbocycles. The van der Waals surface area contributed by atoms with Gasteiger partial charge < -0.3 is 0 Å². The van der Waals surface area contributed by atoms with Crippen LogP contribution in [-0.4, -0.2) is 19.0 Å². The fourth-order valence-electron chi connectivity index (χ4n) is 2.95. The molecule has 0 amide bonds. The van der Waals surface area contributed by atoms with E-state index in [2.05, 4.69) is 12.1 Å². The Bertz CT molecular complexity index is 478. The summed E-state index contributed by atoms with van der Waals surface area (Å²) in [7, 11) is -3.07. The van der Waals surface area contributed by atoms with Gasteiger partial charge in [-0.15, -0.1) is 0 Å². The molecule has 2 aliphatic rings. The number of sulfonamides is 1. The fourth-order valence-corrected chi connectivity index (χ4v) is 4.32. The van der Waals surface area contributed by atoms with Crippen molar-refractivity contribution in [3.8, 4) is 0 Å². The molecule has 0 spiro atoms. The van der Waals surface area contributed by atoms with Crippen LogP contribution >= 0.6 is 0 Å². The quantitative estimate of drug-likeness (QED) is 0.728. The predicted octanol–water partition coefficient (Wildman–Crippen LogP) is 1.84. The maximum atomic E-state index is 11.7. The van der Waals surface area contributed by atoms with E-state index in [0.29, 0.717) is 0 Å². The summed E-state index contributed by atoms with van der Waals surface area (Å²) in [5, 5.41) is 0. The summed E-state index contributed by atoms with van der Waals surface area (Å²) in [5.74, 6) is 0. The topological polar surface area (TPSA) is 37.4 Å². The minimum Gasteiger partial charge on any atom is -0.212 e. The van der Waals surface area contributed by atoms with Gasteiger partial charge in [-0.2, -0.15) is 4.31 Å². The van der Waals surface area contributed by atoms with Crippen molar-refractivity contribution in [1.29, 1.82) is 0 Å². The summed E-state index contributed by atoms with van der Waals surface area (Å²) in [6, 6.07) is 8.27. The molecular formula is C11H13NO2S. The first-order chi connectivity index (χ1) is 7.09. The van der Waals surface area contributed by atoms with Crippen LogP contribution in [0, 0.1) is 0 Å². The van der Waals surface area contributed by atoms with Crippen molar-refractivity contribution in [1.82, 2.24) is 4.31 Å². The third-order valence-corrected chi connectivity index (χ3v) is 4.70. The fraction of sp³-hybridized carbons (Fsp3) is 0.455. The second kappa shape index (κ2) is 2.83. The third kappa shape index (κ3) is 1.18. The van der Waals surface area contributed by atoms with Gasteiger partial charge in [0.15, 0.2) is 0 Å². The van der Waals surface area contributed by atoms with Crippen LogP contribution < -0.4 is 0 Å². The number of fused-ring (bicyclic) bond motifs is 5. The van der Waals surface area contributed by atoms with Gasteiger partial charge in [0, 0.05) is 0 Å². The van der Waals surface area contributed by atoms with E-state index in [9.17, 15) is 8.42 Å². The van der Waals surface area contributed by atoms with Gasteiger partial charge in [-0.3, -0.25) is 0 Å². The second-order valence-electron chi connectivity index (χ2n) is 4.33. The summed E-state index contributed by atoms with van der Waals surface area (Å²) in [4.78, 5) is 0. The second-order valence-corrected chi connectivity index (χ2v) is 6.22. The monoisotopic (exact) mass is 223 g/mol. The van der Waals surface area contributed by atoms with Gasteiger partial charge in [0.25, 0.3) is 0 Å². The largest absolute Gasteiger partial charge is 0.212 e. The van der Waals surface area contributed by atoms with E-state index in [1.54, 1.807) is 4.31 Å². The molecule has 3 rings (SSSR count). The van der Waals surface area contributed by atoms with Crippen LogP contribution in [0.4, 0.5) is 0 Å². The Morgan fingerprint density at radius 3 is 2.00 bits per heavy atom. The summed E-state index contributed by atoms with van der Waals surface area (Å²) < 4.78 is 25.1. The summed E-state index contributed by atoms with van der Waals surface area (Å²) in [5.41, 5.74) is 2.42. The molecule has 2 aliphatic heterocycles. The lowest BCUT2D eigenvalue weighted by atomic mass is 9.92. The molecular weight excluding hydrogens is 210 g/mol. The van der Waals surface area contributed by atoms with E-state index in [4.69, 9.17) is 0 Å². The Balaban J connectivity index is 2.17. The molecule has 0 unspecified atom stereocenters. The van der Waals surface area contributed by atoms with Crippen molar-refractivity contribution in [2.24, 2.45) is 0 Å². The number of hydrogen-bond acceptors (Lipinski definition) is 2. The van der Waals surface area contributed by atoms with E-state index in [1.165, 1.54) is 17.4 Å². The highest BCUT2D eigenvalue weighted by Gasteiger charge is 2.47. The van der Waals surface area contributed by atoms with Gasteiger partial charge in [0.05, 0.1) is 18.3 Å². The maximum absolute atomic E-state index is 11.7. The van der Waals surface area contributed by atoms with E-state index in [-0.39, 0.29) is 12.1 Å². The molecule has 1 aromatic rings. The predicted molar refractivity (Wildman–Crippen MR) is 57.8 cm³/mol. The Morgan fingerprint density at radius 1 is 1.13 bits per heavy atom. The van der Waals surface area contributed by atoms with Crippen molar-refractivity contribution in [3.05, 3.63) is 35.4 Å². The molecule has 1 aromatic carbocycles. The molecule has 2 atom stereocenters. The van der Waals surface area contributed by atoms with Crippen molar-refractivity contribution < 1.29 is 8.42 Å². The number of benzene rings is 1. The third-order valence-electron chi connectivity index (χ3n) is 3.42. The Morgan fingerprint density at radius 2 is 1.60 bits per heavy atom. The highest BCUT2D eigenvalue weighted by molar-refractivity contribution is 7.88. The van der Waals surface area contributed by atoms with Crippen LogP contribution in [0.1, 0.15) is 36.1 Å². The molecule has 0 N–H and O–H groups in total. The van der Waals surface area contributed by atoms with Gasteiger partial charge >= 0.3 is 0 Å². The highest BCUT2D eigenvalue weighted by atomic mass is 32.2. The van der Waals surface area contributed by atoms with Crippen LogP contribution in [0.5, 0.6) is 0 Å². The summed E-state index contributed by atoms with van der Waals surface area (Å²) in [6.45, 7) is 0. The van der Waals surface area contributed by atoms with Crippen molar-refractivity contribution >= 4 is 10.0 Å². The van der Waals surface area contributed by atoms with Gasteiger partial charge in [-0.1, -0.05) is 24.3 Å². The Labute approximate surface area is 89.8 Å². The van der Waals surface area contributed by atoms with E-state index >= 15 is 0 Å². The number of nitrogens with zero attached hydrogens (tertiary/aromatic N) is 1. The summed E-state index contributed by atoms with van der Waals surface area (Å²) >= 11 is 0. The molecule has 2 bridgehead atoms. The lowest BCUT2D eigenvalue weighted by Gasteiger charge is -2.18. The molecule has 0 aliphatic carbocycles. The van der Waals surface area contributed by atoms with Crippen LogP contribution in [0.3, 0.4) is 0 Å². The van der Waals surface area contributed by atoms with Gasteiger partial charge in [0.2, 0.25) is 10.0 Å². The molecule has 2 heterocycles. The lowest BCUT2D eigenvalue weighted by Crippen LogP contribution is -2.26. The first kappa shape index (κ1) is 9.36. The van der Waals surface area contributed by atoms with Crippen LogP contribution in [0.2, 0.25) is 0 Å². The first-order valence-electron chi connectivity index (χ1n) is 5.16. The van der Waals surface area contributed by atoms with Crippen molar-refractivity contribution in [2.75, 3.05) is 6.26 Å². The highest BCUT2D eigenvalue weighted by Crippen LogP contribution is 2.53. The smallest absolute Gasteiger partial charge is 0.212 e. The minimum atomic E-state index is -3.07. The van der Waals surface area contributed by atoms with E-state index in [1.807, 2.05) is 12.1 Å². The number of rotatable bonds is 1. The molecule has 0 radical (unpaired) electrons. The number of hydrogen-bond donors (Lipinski definition) is 0. The standard InChI is InChI=1S/C11H13NO2S/c1-15(13,14)12-10-6-7-11(12)9-5-3-2-4-8(9)10/h2-5,10-11H,6-7H2,1H3/t10-,11-/m0/s1. The van der Waals surface area contributed by atoms with Gasteiger partial charge in [-0.05, 0) is 24.0 Å². The zero-order chi connectivity index (χ0) is 10.6. The molecule has 1 saturated heterocycles. The summed E-state index contributed by atoms with van der Waals surface area (Å²) in [6.07, 6.45) is 3.24. The zero-order valence-electron chi connectivity index (χ0n) is 8.55. The molecule has 0 aromatic heterocycles. The molecule has 80 valence electrons. The average molecular weight is 223 g/mol. The first-order valence-corrected chi connectivity index (χ1v) is 7.01. The zero-order valence-corrected chi connectivity index (χ0v) is 9.37. The normalized spacial score (nSPS) is 29.4. The van der Waals surface area contributed by atoms with Gasteiger partial charge in [-0.25, -0.2) is 8.42 Å². The maximum Gasteiger partial charge on any atom is 0.212 e. The molecule has 1 fully saturated rings. The van der Waals surface area contributed by atoms with Crippen LogP contribution in [0.15, 0.2) is 24.3 Å². The van der Waals surface area contributed by atoms with Crippen molar-refractivity contribution in [2.45, 2.75) is 24.9 Å². The SMILES string of the molecule is CS(=O)(=O)N1[C@H]2CC[C@H]1c1ccccc12. The van der Waals surface area contributed by atoms with Crippen LogP contribution in [0.25, 0.3) is 0 Å². The molecule has 15 heavy (non-hydrogen) atoms. The minimum absolute atomic E-state index is 0.0983.